The molecule has 0 spiro atoms. The number of hydrogen-bond acceptors (Lipinski definition) is 7. The summed E-state index contributed by atoms with van der Waals surface area (Å²) in [5.74, 6) is 0.758. The summed E-state index contributed by atoms with van der Waals surface area (Å²) in [6, 6.07) is 7.68. The second kappa shape index (κ2) is 10.9. The van der Waals surface area contributed by atoms with Gasteiger partial charge in [-0.05, 0) is 49.9 Å². The maximum absolute atomic E-state index is 12.7. The SMILES string of the molecule is COc1ccc(-c2csc(NC(=O)C3CCC(OCC(=O)N4CCOCC4)CC3)n2)cc1. The average Bonchev–Trinajstić information content (AvgIpc) is 3.32. The van der Waals surface area contributed by atoms with Gasteiger partial charge in [-0.15, -0.1) is 11.3 Å². The van der Waals surface area contributed by atoms with E-state index in [0.29, 0.717) is 31.4 Å². The summed E-state index contributed by atoms with van der Waals surface area (Å²) in [6.07, 6.45) is 3.09. The van der Waals surface area contributed by atoms with Crippen LogP contribution in [0.25, 0.3) is 11.3 Å². The molecule has 1 aliphatic heterocycles. The Morgan fingerprint density at radius 2 is 1.88 bits per heavy atom. The van der Waals surface area contributed by atoms with E-state index in [9.17, 15) is 9.59 Å². The Bertz CT molecular complexity index is 903. The van der Waals surface area contributed by atoms with Crippen LogP contribution in [0.2, 0.25) is 0 Å². The highest BCUT2D eigenvalue weighted by atomic mass is 32.1. The van der Waals surface area contributed by atoms with Gasteiger partial charge in [0.05, 0.1) is 32.1 Å². The van der Waals surface area contributed by atoms with Crippen LogP contribution in [-0.4, -0.2) is 67.8 Å². The lowest BCUT2D eigenvalue weighted by molar-refractivity contribution is -0.143. The first kappa shape index (κ1) is 22.7. The molecule has 0 atom stereocenters. The van der Waals surface area contributed by atoms with Crippen molar-refractivity contribution >= 4 is 28.3 Å². The van der Waals surface area contributed by atoms with Gasteiger partial charge in [-0.2, -0.15) is 0 Å². The van der Waals surface area contributed by atoms with Gasteiger partial charge in [0, 0.05) is 30.0 Å². The van der Waals surface area contributed by atoms with Gasteiger partial charge in [0.1, 0.15) is 12.4 Å². The van der Waals surface area contributed by atoms with E-state index in [1.807, 2.05) is 29.6 Å². The van der Waals surface area contributed by atoms with E-state index in [0.717, 1.165) is 42.7 Å². The molecule has 172 valence electrons. The van der Waals surface area contributed by atoms with E-state index < -0.39 is 0 Å². The first-order chi connectivity index (χ1) is 15.6. The fourth-order valence-electron chi connectivity index (χ4n) is 4.02. The number of nitrogens with zero attached hydrogens (tertiary/aromatic N) is 2. The number of hydrogen-bond donors (Lipinski definition) is 1. The van der Waals surface area contributed by atoms with Crippen LogP contribution in [0.15, 0.2) is 29.6 Å². The van der Waals surface area contributed by atoms with Crippen LogP contribution in [0.4, 0.5) is 5.13 Å². The van der Waals surface area contributed by atoms with Crippen LogP contribution >= 0.6 is 11.3 Å². The molecule has 4 rings (SSSR count). The molecule has 1 saturated heterocycles. The van der Waals surface area contributed by atoms with Crippen molar-refractivity contribution in [3.63, 3.8) is 0 Å². The summed E-state index contributed by atoms with van der Waals surface area (Å²) in [7, 11) is 1.64. The Balaban J connectivity index is 1.21. The molecule has 2 amide bonds. The van der Waals surface area contributed by atoms with Gasteiger partial charge in [-0.3, -0.25) is 9.59 Å². The minimum absolute atomic E-state index is 0.00322. The Hall–Kier alpha value is -2.49. The van der Waals surface area contributed by atoms with E-state index in [1.54, 1.807) is 12.0 Å². The van der Waals surface area contributed by atoms with Gasteiger partial charge in [-0.1, -0.05) is 0 Å². The summed E-state index contributed by atoms with van der Waals surface area (Å²) >= 11 is 1.42. The minimum atomic E-state index is -0.0573. The van der Waals surface area contributed by atoms with Crippen molar-refractivity contribution in [1.29, 1.82) is 0 Å². The lowest BCUT2D eigenvalue weighted by atomic mass is 9.87. The average molecular weight is 460 g/mol. The highest BCUT2D eigenvalue weighted by Crippen LogP contribution is 2.30. The third kappa shape index (κ3) is 5.85. The minimum Gasteiger partial charge on any atom is -0.497 e. The normalized spacial score (nSPS) is 21.2. The summed E-state index contributed by atoms with van der Waals surface area (Å²) in [6.45, 7) is 2.55. The van der Waals surface area contributed by atoms with E-state index in [2.05, 4.69) is 10.3 Å². The standard InChI is InChI=1S/C23H29N3O5S/c1-29-18-6-2-16(3-7-18)20-15-32-23(24-20)25-22(28)17-4-8-19(9-5-17)31-14-21(27)26-10-12-30-13-11-26/h2-3,6-7,15,17,19H,4-5,8-14H2,1H3,(H,24,25,28). The maximum Gasteiger partial charge on any atom is 0.248 e. The monoisotopic (exact) mass is 459 g/mol. The number of methoxy groups -OCH3 is 1. The summed E-state index contributed by atoms with van der Waals surface area (Å²) < 4.78 is 16.3. The molecule has 1 aliphatic carbocycles. The van der Waals surface area contributed by atoms with Crippen molar-refractivity contribution < 1.29 is 23.8 Å². The molecule has 8 nitrogen and oxygen atoms in total. The van der Waals surface area contributed by atoms with Gasteiger partial charge in [0.25, 0.3) is 0 Å². The van der Waals surface area contributed by atoms with E-state index in [-0.39, 0.29) is 30.4 Å². The Kier molecular flexibility index (Phi) is 7.72. The van der Waals surface area contributed by atoms with Crippen molar-refractivity contribution in [3.05, 3.63) is 29.6 Å². The van der Waals surface area contributed by atoms with Gasteiger partial charge in [-0.25, -0.2) is 4.98 Å². The first-order valence-corrected chi connectivity index (χ1v) is 11.9. The Morgan fingerprint density at radius 1 is 1.16 bits per heavy atom. The van der Waals surface area contributed by atoms with Crippen LogP contribution in [0, 0.1) is 5.92 Å². The van der Waals surface area contributed by atoms with Crippen molar-refractivity contribution in [2.45, 2.75) is 31.8 Å². The number of aromatic nitrogens is 1. The molecular formula is C23H29N3O5S. The number of carbonyl (C=O) groups is 2. The molecule has 1 saturated carbocycles. The van der Waals surface area contributed by atoms with E-state index >= 15 is 0 Å². The lowest BCUT2D eigenvalue weighted by Gasteiger charge is -2.30. The second-order valence-corrected chi connectivity index (χ2v) is 8.89. The van der Waals surface area contributed by atoms with Crippen molar-refractivity contribution in [1.82, 2.24) is 9.88 Å². The van der Waals surface area contributed by atoms with Crippen LogP contribution in [0.5, 0.6) is 5.75 Å². The molecule has 2 aliphatic rings. The van der Waals surface area contributed by atoms with E-state index in [4.69, 9.17) is 14.2 Å². The van der Waals surface area contributed by atoms with Crippen LogP contribution in [0.3, 0.4) is 0 Å². The molecule has 9 heteroatoms. The van der Waals surface area contributed by atoms with Crippen LogP contribution in [-0.2, 0) is 19.1 Å². The molecule has 2 aromatic rings. The molecule has 32 heavy (non-hydrogen) atoms. The fourth-order valence-corrected chi connectivity index (χ4v) is 4.74. The summed E-state index contributed by atoms with van der Waals surface area (Å²) in [5.41, 5.74) is 1.81. The molecule has 0 radical (unpaired) electrons. The zero-order valence-corrected chi connectivity index (χ0v) is 19.1. The third-order valence-electron chi connectivity index (χ3n) is 5.97. The topological polar surface area (TPSA) is 90.0 Å². The molecular weight excluding hydrogens is 430 g/mol. The number of carbonyl (C=O) groups excluding carboxylic acids is 2. The molecule has 1 aromatic carbocycles. The highest BCUT2D eigenvalue weighted by Gasteiger charge is 2.28. The number of anilines is 1. The largest absolute Gasteiger partial charge is 0.497 e. The van der Waals surface area contributed by atoms with Crippen LogP contribution in [0.1, 0.15) is 25.7 Å². The molecule has 2 heterocycles. The molecule has 1 N–H and O–H groups in total. The van der Waals surface area contributed by atoms with Gasteiger partial charge < -0.3 is 24.4 Å². The number of nitrogens with one attached hydrogen (secondary N) is 1. The Labute approximate surface area is 191 Å². The van der Waals surface area contributed by atoms with Gasteiger partial charge >= 0.3 is 0 Å². The number of benzene rings is 1. The molecule has 0 unspecified atom stereocenters. The Morgan fingerprint density at radius 3 is 2.56 bits per heavy atom. The predicted molar refractivity (Wildman–Crippen MR) is 122 cm³/mol. The predicted octanol–water partition coefficient (Wildman–Crippen LogP) is 3.19. The molecule has 2 fully saturated rings. The number of morpholine rings is 1. The fraction of sp³-hybridized carbons (Fsp3) is 0.522. The first-order valence-electron chi connectivity index (χ1n) is 11.0. The number of thiazole rings is 1. The molecule has 1 aromatic heterocycles. The van der Waals surface area contributed by atoms with Crippen molar-refractivity contribution in [2.75, 3.05) is 45.3 Å². The number of ether oxygens (including phenoxy) is 3. The lowest BCUT2D eigenvalue weighted by Crippen LogP contribution is -2.43. The van der Waals surface area contributed by atoms with E-state index in [1.165, 1.54) is 11.3 Å². The van der Waals surface area contributed by atoms with Crippen molar-refractivity contribution in [2.24, 2.45) is 5.92 Å². The summed E-state index contributed by atoms with van der Waals surface area (Å²) in [4.78, 5) is 31.3. The van der Waals surface area contributed by atoms with Crippen molar-refractivity contribution in [3.8, 4) is 17.0 Å². The smallest absolute Gasteiger partial charge is 0.248 e. The summed E-state index contributed by atoms with van der Waals surface area (Å²) in [5, 5.41) is 5.51. The zero-order chi connectivity index (χ0) is 22.3. The second-order valence-electron chi connectivity index (χ2n) is 8.03. The quantitative estimate of drug-likeness (QED) is 0.684. The van der Waals surface area contributed by atoms with Gasteiger partial charge in [0.2, 0.25) is 11.8 Å². The zero-order valence-electron chi connectivity index (χ0n) is 18.2. The maximum atomic E-state index is 12.7. The third-order valence-corrected chi connectivity index (χ3v) is 6.73. The number of amides is 2. The highest BCUT2D eigenvalue weighted by molar-refractivity contribution is 7.14. The van der Waals surface area contributed by atoms with Gasteiger partial charge in [0.15, 0.2) is 5.13 Å². The number of rotatable bonds is 7. The van der Waals surface area contributed by atoms with Crippen LogP contribution < -0.4 is 10.1 Å². The molecule has 0 bridgehead atoms.